The number of amides is 1. The van der Waals surface area contributed by atoms with Crippen molar-refractivity contribution in [3.05, 3.63) is 96.1 Å². The van der Waals surface area contributed by atoms with E-state index in [0.717, 1.165) is 5.56 Å². The number of nitrogens with zero attached hydrogens (tertiary/aromatic N) is 1. The number of nitrogens with one attached hydrogen (secondary N) is 1. The van der Waals surface area contributed by atoms with Crippen molar-refractivity contribution in [3.8, 4) is 5.75 Å². The van der Waals surface area contributed by atoms with Crippen molar-refractivity contribution in [1.29, 1.82) is 0 Å². The average Bonchev–Trinajstić information content (AvgIpc) is 2.69. The third kappa shape index (κ3) is 6.04. The lowest BCUT2D eigenvalue weighted by Crippen LogP contribution is -2.17. The number of ether oxygens (including phenoxy) is 1. The molecule has 3 aromatic rings. The van der Waals surface area contributed by atoms with Crippen molar-refractivity contribution in [2.45, 2.75) is 6.61 Å². The van der Waals surface area contributed by atoms with Crippen molar-refractivity contribution < 1.29 is 13.9 Å². The van der Waals surface area contributed by atoms with Gasteiger partial charge in [0.05, 0.1) is 15.2 Å². The number of rotatable bonds is 6. The normalized spacial score (nSPS) is 11.0. The summed E-state index contributed by atoms with van der Waals surface area (Å²) in [5.74, 6) is -0.261. The van der Waals surface area contributed by atoms with Gasteiger partial charge in [-0.05, 0) is 86.0 Å². The molecule has 4 nitrogen and oxygen atoms in total. The summed E-state index contributed by atoms with van der Waals surface area (Å²) in [5, 5.41) is 5.02. The highest BCUT2D eigenvalue weighted by molar-refractivity contribution is 9.11. The quantitative estimate of drug-likeness (QED) is 0.255. The minimum Gasteiger partial charge on any atom is -0.486 e. The largest absolute Gasteiger partial charge is 0.486 e. The monoisotopic (exact) mass is 572 g/mol. The lowest BCUT2D eigenvalue weighted by Gasteiger charge is -2.12. The van der Waals surface area contributed by atoms with Gasteiger partial charge in [0, 0.05) is 21.2 Å². The SMILES string of the molecule is O=C(N/N=C\c1cc(Br)c(OCc2ccc(Cl)cc2Cl)c(Br)c1)c1ccc(F)cc1. The van der Waals surface area contributed by atoms with E-state index in [-0.39, 0.29) is 6.61 Å². The maximum atomic E-state index is 12.9. The third-order valence-corrected chi connectivity index (χ3v) is 5.66. The molecule has 0 heterocycles. The van der Waals surface area contributed by atoms with Gasteiger partial charge in [0.25, 0.3) is 5.91 Å². The van der Waals surface area contributed by atoms with E-state index in [9.17, 15) is 9.18 Å². The number of benzene rings is 3. The van der Waals surface area contributed by atoms with Crippen molar-refractivity contribution in [1.82, 2.24) is 5.43 Å². The lowest BCUT2D eigenvalue weighted by molar-refractivity contribution is 0.0955. The van der Waals surface area contributed by atoms with Gasteiger partial charge in [-0.2, -0.15) is 5.10 Å². The lowest BCUT2D eigenvalue weighted by atomic mass is 10.2. The molecule has 3 aromatic carbocycles. The minimum atomic E-state index is -0.441. The van der Waals surface area contributed by atoms with E-state index in [2.05, 4.69) is 42.4 Å². The van der Waals surface area contributed by atoms with Gasteiger partial charge >= 0.3 is 0 Å². The predicted octanol–water partition coefficient (Wildman–Crippen LogP) is 7.00. The van der Waals surface area contributed by atoms with Crippen LogP contribution in [-0.2, 0) is 6.61 Å². The van der Waals surface area contributed by atoms with Crippen LogP contribution in [-0.4, -0.2) is 12.1 Å². The number of hydrogen-bond donors (Lipinski definition) is 1. The van der Waals surface area contributed by atoms with Crippen molar-refractivity contribution in [3.63, 3.8) is 0 Å². The molecule has 0 unspecified atom stereocenters. The van der Waals surface area contributed by atoms with E-state index < -0.39 is 11.7 Å². The van der Waals surface area contributed by atoms with Crippen LogP contribution in [0.1, 0.15) is 21.5 Å². The van der Waals surface area contributed by atoms with Gasteiger partial charge in [-0.25, -0.2) is 9.82 Å². The van der Waals surface area contributed by atoms with Crippen LogP contribution >= 0.6 is 55.1 Å². The third-order valence-electron chi connectivity index (χ3n) is 3.89. The molecule has 9 heteroatoms. The molecule has 0 aromatic heterocycles. The van der Waals surface area contributed by atoms with Gasteiger partial charge in [-0.15, -0.1) is 0 Å². The fraction of sp³-hybridized carbons (Fsp3) is 0.0476. The summed E-state index contributed by atoms with van der Waals surface area (Å²) in [7, 11) is 0. The van der Waals surface area contributed by atoms with Crippen LogP contribution in [0.4, 0.5) is 4.39 Å². The molecule has 0 saturated heterocycles. The molecule has 0 atom stereocenters. The van der Waals surface area contributed by atoms with E-state index in [1.165, 1.54) is 30.5 Å². The second kappa shape index (κ2) is 10.4. The first kappa shape index (κ1) is 22.7. The van der Waals surface area contributed by atoms with Crippen LogP contribution in [0.2, 0.25) is 10.0 Å². The van der Waals surface area contributed by atoms with Gasteiger partial charge < -0.3 is 4.74 Å². The summed E-state index contributed by atoms with van der Waals surface area (Å²) in [4.78, 5) is 12.0. The van der Waals surface area contributed by atoms with E-state index in [4.69, 9.17) is 27.9 Å². The summed E-state index contributed by atoms with van der Waals surface area (Å²) in [6, 6.07) is 14.0. The Bertz CT molecular complexity index is 1090. The molecule has 0 fully saturated rings. The van der Waals surface area contributed by atoms with E-state index in [0.29, 0.717) is 35.9 Å². The van der Waals surface area contributed by atoms with Gasteiger partial charge in [0.2, 0.25) is 0 Å². The molecule has 0 aliphatic rings. The van der Waals surface area contributed by atoms with E-state index in [1.807, 2.05) is 0 Å². The standard InChI is InChI=1S/C21H13Br2Cl2FN2O2/c22-17-7-12(10-27-28-21(29)13-2-5-16(26)6-3-13)8-18(23)20(17)30-11-14-1-4-15(24)9-19(14)25/h1-10H,11H2,(H,28,29)/b27-10-. The average molecular weight is 575 g/mol. The first-order valence-corrected chi connectivity index (χ1v) is 10.8. The Labute approximate surface area is 199 Å². The van der Waals surface area contributed by atoms with Gasteiger partial charge in [-0.3, -0.25) is 4.79 Å². The summed E-state index contributed by atoms with van der Waals surface area (Å²) in [6.45, 7) is 0.258. The first-order valence-electron chi connectivity index (χ1n) is 8.48. The van der Waals surface area contributed by atoms with Crippen LogP contribution in [0.5, 0.6) is 5.75 Å². The highest BCUT2D eigenvalue weighted by atomic mass is 79.9. The van der Waals surface area contributed by atoms with Crippen molar-refractivity contribution in [2.24, 2.45) is 5.10 Å². The van der Waals surface area contributed by atoms with Crippen molar-refractivity contribution in [2.75, 3.05) is 0 Å². The maximum Gasteiger partial charge on any atom is 0.271 e. The second-order valence-corrected chi connectivity index (χ2v) is 8.60. The molecule has 30 heavy (non-hydrogen) atoms. The van der Waals surface area contributed by atoms with Crippen LogP contribution in [0, 0.1) is 5.82 Å². The van der Waals surface area contributed by atoms with Crippen LogP contribution in [0.3, 0.4) is 0 Å². The number of carbonyl (C=O) groups is 1. The summed E-state index contributed by atoms with van der Waals surface area (Å²) >= 11 is 19.0. The molecule has 0 aliphatic heterocycles. The smallest absolute Gasteiger partial charge is 0.271 e. The first-order chi connectivity index (χ1) is 14.3. The molecule has 154 valence electrons. The summed E-state index contributed by atoms with van der Waals surface area (Å²) in [5.41, 5.74) is 4.22. The van der Waals surface area contributed by atoms with Gasteiger partial charge in [0.15, 0.2) is 0 Å². The zero-order chi connectivity index (χ0) is 21.7. The molecule has 0 saturated carbocycles. The zero-order valence-corrected chi connectivity index (χ0v) is 19.8. The number of hydrogen-bond acceptors (Lipinski definition) is 3. The Hall–Kier alpha value is -1.93. The molecule has 0 spiro atoms. The highest BCUT2D eigenvalue weighted by Crippen LogP contribution is 2.35. The van der Waals surface area contributed by atoms with Crippen molar-refractivity contribution >= 4 is 67.2 Å². The predicted molar refractivity (Wildman–Crippen MR) is 124 cm³/mol. The van der Waals surface area contributed by atoms with E-state index >= 15 is 0 Å². The fourth-order valence-corrected chi connectivity index (χ4v) is 4.33. The molecule has 0 bridgehead atoms. The Morgan fingerprint density at radius 3 is 2.37 bits per heavy atom. The van der Waals surface area contributed by atoms with E-state index in [1.54, 1.807) is 30.3 Å². The number of carbonyl (C=O) groups excluding carboxylic acids is 1. The molecule has 1 N–H and O–H groups in total. The molecule has 0 radical (unpaired) electrons. The minimum absolute atomic E-state index is 0.258. The number of halogens is 5. The Morgan fingerprint density at radius 2 is 1.73 bits per heavy atom. The highest BCUT2D eigenvalue weighted by Gasteiger charge is 2.11. The zero-order valence-electron chi connectivity index (χ0n) is 15.1. The van der Waals surface area contributed by atoms with Crippen LogP contribution in [0.25, 0.3) is 0 Å². The topological polar surface area (TPSA) is 50.7 Å². The molecular weight excluding hydrogens is 562 g/mol. The van der Waals surface area contributed by atoms with Gasteiger partial charge in [-0.1, -0.05) is 29.3 Å². The Balaban J connectivity index is 1.65. The van der Waals surface area contributed by atoms with Crippen LogP contribution < -0.4 is 10.2 Å². The Morgan fingerprint density at radius 1 is 1.07 bits per heavy atom. The summed E-state index contributed by atoms with van der Waals surface area (Å²) in [6.07, 6.45) is 1.48. The van der Waals surface area contributed by atoms with Gasteiger partial charge in [0.1, 0.15) is 18.2 Å². The molecular formula is C21H13Br2Cl2FN2O2. The van der Waals surface area contributed by atoms with Crippen LogP contribution in [0.15, 0.2) is 68.6 Å². The summed E-state index contributed by atoms with van der Waals surface area (Å²) < 4.78 is 20.2. The fourth-order valence-electron chi connectivity index (χ4n) is 2.41. The Kier molecular flexibility index (Phi) is 7.88. The number of hydrazone groups is 1. The molecule has 3 rings (SSSR count). The second-order valence-electron chi connectivity index (χ2n) is 6.04. The maximum absolute atomic E-state index is 12.9. The molecule has 0 aliphatic carbocycles. The molecule has 1 amide bonds.